The molecule has 16 heavy (non-hydrogen) atoms. The number of esters is 1. The molecule has 0 radical (unpaired) electrons. The first-order chi connectivity index (χ1) is 7.83. The third kappa shape index (κ3) is 6.14. The van der Waals surface area contributed by atoms with Crippen molar-refractivity contribution < 1.29 is 9.53 Å². The summed E-state index contributed by atoms with van der Waals surface area (Å²) < 4.78 is 5.20. The van der Waals surface area contributed by atoms with Crippen LogP contribution in [0.3, 0.4) is 0 Å². The van der Waals surface area contributed by atoms with Crippen molar-refractivity contribution in [2.45, 2.75) is 71.1 Å². The fourth-order valence-electron chi connectivity index (χ4n) is 2.43. The Morgan fingerprint density at radius 1 is 1.19 bits per heavy atom. The molecule has 0 aromatic heterocycles. The molecular weight excluding hydrogens is 200 g/mol. The molecule has 2 nitrogen and oxygen atoms in total. The highest BCUT2D eigenvalue weighted by Gasteiger charge is 2.12. The van der Waals surface area contributed by atoms with E-state index in [9.17, 15) is 4.79 Å². The molecule has 0 saturated heterocycles. The van der Waals surface area contributed by atoms with E-state index in [0.29, 0.717) is 13.0 Å². The molecule has 0 heterocycles. The smallest absolute Gasteiger partial charge is 0.305 e. The molecule has 0 N–H and O–H groups in total. The zero-order chi connectivity index (χ0) is 11.6. The Morgan fingerprint density at radius 2 is 1.94 bits per heavy atom. The lowest BCUT2D eigenvalue weighted by Crippen LogP contribution is -2.09. The van der Waals surface area contributed by atoms with Crippen molar-refractivity contribution in [2.75, 3.05) is 6.61 Å². The van der Waals surface area contributed by atoms with Crippen molar-refractivity contribution >= 4 is 5.97 Å². The van der Waals surface area contributed by atoms with Gasteiger partial charge in [0, 0.05) is 6.42 Å². The first-order valence-electron chi connectivity index (χ1n) is 6.98. The Hall–Kier alpha value is -0.530. The summed E-state index contributed by atoms with van der Waals surface area (Å²) in [6.07, 6.45) is 11.9. The summed E-state index contributed by atoms with van der Waals surface area (Å²) in [5.41, 5.74) is 0. The molecular formula is C14H26O2. The second kappa shape index (κ2) is 8.60. The third-order valence-corrected chi connectivity index (χ3v) is 3.48. The van der Waals surface area contributed by atoms with Crippen LogP contribution in [-0.2, 0) is 9.53 Å². The molecule has 0 bridgehead atoms. The number of hydrogen-bond donors (Lipinski definition) is 0. The van der Waals surface area contributed by atoms with Gasteiger partial charge in [0.05, 0.1) is 6.61 Å². The number of ether oxygens (including phenoxy) is 1. The van der Waals surface area contributed by atoms with Crippen LogP contribution in [0.5, 0.6) is 0 Å². The van der Waals surface area contributed by atoms with Gasteiger partial charge in [-0.1, -0.05) is 45.4 Å². The Balaban J connectivity index is 1.92. The molecule has 1 aliphatic carbocycles. The molecule has 0 spiro atoms. The van der Waals surface area contributed by atoms with Crippen LogP contribution in [0.25, 0.3) is 0 Å². The third-order valence-electron chi connectivity index (χ3n) is 3.48. The second-order valence-corrected chi connectivity index (χ2v) is 4.97. The quantitative estimate of drug-likeness (QED) is 0.483. The lowest BCUT2D eigenvalue weighted by molar-refractivity contribution is -0.143. The summed E-state index contributed by atoms with van der Waals surface area (Å²) >= 11 is 0. The standard InChI is InChI=1S/C14H26O2/c1-2-3-11-14(15)16-12-7-10-13-8-5-4-6-9-13/h13H,2-12H2,1H3. The molecule has 0 unspecified atom stereocenters. The van der Waals surface area contributed by atoms with Crippen LogP contribution < -0.4 is 0 Å². The largest absolute Gasteiger partial charge is 0.466 e. The van der Waals surface area contributed by atoms with E-state index in [-0.39, 0.29) is 5.97 Å². The molecule has 1 fully saturated rings. The van der Waals surface area contributed by atoms with Crippen molar-refractivity contribution in [1.29, 1.82) is 0 Å². The van der Waals surface area contributed by atoms with Crippen LogP contribution in [0.4, 0.5) is 0 Å². The maximum Gasteiger partial charge on any atom is 0.305 e. The number of carbonyl (C=O) groups excluding carboxylic acids is 1. The monoisotopic (exact) mass is 226 g/mol. The van der Waals surface area contributed by atoms with Crippen LogP contribution in [0.1, 0.15) is 71.1 Å². The fraction of sp³-hybridized carbons (Fsp3) is 0.929. The molecule has 0 aromatic rings. The summed E-state index contributed by atoms with van der Waals surface area (Å²) in [4.78, 5) is 11.2. The number of unbranched alkanes of at least 4 members (excludes halogenated alkanes) is 1. The lowest BCUT2D eigenvalue weighted by atomic mass is 9.86. The second-order valence-electron chi connectivity index (χ2n) is 4.97. The summed E-state index contributed by atoms with van der Waals surface area (Å²) in [6, 6.07) is 0. The molecule has 1 saturated carbocycles. The topological polar surface area (TPSA) is 26.3 Å². The Bertz CT molecular complexity index is 183. The van der Waals surface area contributed by atoms with E-state index in [2.05, 4.69) is 6.92 Å². The minimum Gasteiger partial charge on any atom is -0.466 e. The van der Waals surface area contributed by atoms with Gasteiger partial charge in [-0.25, -0.2) is 0 Å². The highest BCUT2D eigenvalue weighted by Crippen LogP contribution is 2.27. The summed E-state index contributed by atoms with van der Waals surface area (Å²) in [5, 5.41) is 0. The average Bonchev–Trinajstić information content (AvgIpc) is 2.33. The van der Waals surface area contributed by atoms with Gasteiger partial charge in [-0.15, -0.1) is 0 Å². The number of carbonyl (C=O) groups is 1. The minimum atomic E-state index is -0.00880. The summed E-state index contributed by atoms with van der Waals surface area (Å²) in [5.74, 6) is 0.897. The van der Waals surface area contributed by atoms with E-state index in [1.807, 2.05) is 0 Å². The maximum absolute atomic E-state index is 11.2. The van der Waals surface area contributed by atoms with E-state index in [0.717, 1.165) is 25.2 Å². The normalized spacial score (nSPS) is 17.3. The van der Waals surface area contributed by atoms with Crippen LogP contribution in [0.2, 0.25) is 0 Å². The predicted octanol–water partition coefficient (Wildman–Crippen LogP) is 4.08. The fourth-order valence-corrected chi connectivity index (χ4v) is 2.43. The molecule has 1 aliphatic rings. The molecule has 94 valence electrons. The van der Waals surface area contributed by atoms with E-state index in [1.165, 1.54) is 38.5 Å². The summed E-state index contributed by atoms with van der Waals surface area (Å²) in [6.45, 7) is 2.73. The van der Waals surface area contributed by atoms with Gasteiger partial charge in [-0.05, 0) is 25.2 Å². The van der Waals surface area contributed by atoms with Gasteiger partial charge < -0.3 is 4.74 Å². The van der Waals surface area contributed by atoms with E-state index in [1.54, 1.807) is 0 Å². The molecule has 0 aromatic carbocycles. The van der Waals surface area contributed by atoms with E-state index in [4.69, 9.17) is 4.74 Å². The predicted molar refractivity (Wildman–Crippen MR) is 66.3 cm³/mol. The molecule has 2 heteroatoms. The molecule has 1 rings (SSSR count). The summed E-state index contributed by atoms with van der Waals surface area (Å²) in [7, 11) is 0. The minimum absolute atomic E-state index is 0.00880. The van der Waals surface area contributed by atoms with Gasteiger partial charge in [-0.2, -0.15) is 0 Å². The van der Waals surface area contributed by atoms with Gasteiger partial charge in [0.15, 0.2) is 0 Å². The van der Waals surface area contributed by atoms with E-state index < -0.39 is 0 Å². The van der Waals surface area contributed by atoms with Gasteiger partial charge in [-0.3, -0.25) is 4.79 Å². The Morgan fingerprint density at radius 3 is 2.62 bits per heavy atom. The molecule has 0 atom stereocenters. The average molecular weight is 226 g/mol. The van der Waals surface area contributed by atoms with Crippen molar-refractivity contribution in [3.05, 3.63) is 0 Å². The highest BCUT2D eigenvalue weighted by molar-refractivity contribution is 5.69. The number of hydrogen-bond acceptors (Lipinski definition) is 2. The number of rotatable bonds is 7. The van der Waals surface area contributed by atoms with Gasteiger partial charge >= 0.3 is 5.97 Å². The Kier molecular flexibility index (Phi) is 7.28. The molecule has 0 aliphatic heterocycles. The zero-order valence-electron chi connectivity index (χ0n) is 10.7. The van der Waals surface area contributed by atoms with Crippen LogP contribution in [-0.4, -0.2) is 12.6 Å². The zero-order valence-corrected chi connectivity index (χ0v) is 10.7. The van der Waals surface area contributed by atoms with Crippen molar-refractivity contribution in [2.24, 2.45) is 5.92 Å². The van der Waals surface area contributed by atoms with Crippen molar-refractivity contribution in [1.82, 2.24) is 0 Å². The van der Waals surface area contributed by atoms with Crippen molar-refractivity contribution in [3.8, 4) is 0 Å². The van der Waals surface area contributed by atoms with Gasteiger partial charge in [0.25, 0.3) is 0 Å². The first kappa shape index (κ1) is 13.5. The Labute approximate surface area is 99.8 Å². The molecule has 0 amide bonds. The SMILES string of the molecule is CCCCC(=O)OCCCC1CCCCC1. The van der Waals surface area contributed by atoms with Crippen LogP contribution >= 0.6 is 0 Å². The van der Waals surface area contributed by atoms with Crippen molar-refractivity contribution in [3.63, 3.8) is 0 Å². The van der Waals surface area contributed by atoms with Crippen LogP contribution in [0, 0.1) is 5.92 Å². The van der Waals surface area contributed by atoms with E-state index >= 15 is 0 Å². The van der Waals surface area contributed by atoms with Crippen LogP contribution in [0.15, 0.2) is 0 Å². The first-order valence-corrected chi connectivity index (χ1v) is 6.98. The highest BCUT2D eigenvalue weighted by atomic mass is 16.5. The lowest BCUT2D eigenvalue weighted by Gasteiger charge is -2.21. The van der Waals surface area contributed by atoms with Gasteiger partial charge in [0.2, 0.25) is 0 Å². The van der Waals surface area contributed by atoms with Gasteiger partial charge in [0.1, 0.15) is 0 Å². The maximum atomic E-state index is 11.2.